The smallest absolute Gasteiger partial charge is 0.409 e. The lowest BCUT2D eigenvalue weighted by Crippen LogP contribution is -2.08. The normalized spacial score (nSPS) is 9.77. The Bertz CT molecular complexity index is 357. The van der Waals surface area contributed by atoms with Crippen molar-refractivity contribution < 1.29 is 9.90 Å². The van der Waals surface area contributed by atoms with E-state index in [1.807, 2.05) is 22.6 Å². The molecule has 0 spiro atoms. The van der Waals surface area contributed by atoms with Gasteiger partial charge < -0.3 is 5.11 Å². The maximum absolute atomic E-state index is 10.3. The van der Waals surface area contributed by atoms with Crippen molar-refractivity contribution in [2.75, 3.05) is 5.32 Å². The molecule has 6 heteroatoms. The van der Waals surface area contributed by atoms with E-state index in [9.17, 15) is 4.79 Å². The molecule has 0 saturated carbocycles. The fraction of sp³-hybridized carbons (Fsp3) is 0. The summed E-state index contributed by atoms with van der Waals surface area (Å²) in [6.45, 7) is 0. The third-order valence-electron chi connectivity index (χ3n) is 1.25. The van der Waals surface area contributed by atoms with Gasteiger partial charge in [-0.3, -0.25) is 5.32 Å². The van der Waals surface area contributed by atoms with E-state index in [1.165, 1.54) is 6.07 Å². The van der Waals surface area contributed by atoms with E-state index in [1.54, 1.807) is 6.07 Å². The first kappa shape index (κ1) is 10.9. The lowest BCUT2D eigenvalue weighted by atomic mass is 10.3. The molecule has 13 heavy (non-hydrogen) atoms. The second-order valence-electron chi connectivity index (χ2n) is 2.18. The largest absolute Gasteiger partial charge is 0.465 e. The summed E-state index contributed by atoms with van der Waals surface area (Å²) in [6, 6.07) is 3.06. The Labute approximate surface area is 98.2 Å². The molecule has 70 valence electrons. The number of amides is 1. The first-order chi connectivity index (χ1) is 6.00. The number of carbonyl (C=O) groups is 1. The van der Waals surface area contributed by atoms with E-state index in [4.69, 9.17) is 28.3 Å². The van der Waals surface area contributed by atoms with Crippen LogP contribution in [0, 0.1) is 3.57 Å². The van der Waals surface area contributed by atoms with Crippen LogP contribution in [0.25, 0.3) is 0 Å². The summed E-state index contributed by atoms with van der Waals surface area (Å²) in [6.07, 6.45) is -1.13. The lowest BCUT2D eigenvalue weighted by Gasteiger charge is -2.05. The van der Waals surface area contributed by atoms with Gasteiger partial charge in [-0.25, -0.2) is 4.79 Å². The highest BCUT2D eigenvalue weighted by molar-refractivity contribution is 14.1. The molecule has 1 amide bonds. The molecule has 0 fully saturated rings. The molecule has 0 aliphatic heterocycles. The van der Waals surface area contributed by atoms with Crippen molar-refractivity contribution in [2.24, 2.45) is 0 Å². The van der Waals surface area contributed by atoms with Gasteiger partial charge in [-0.05, 0) is 34.7 Å². The number of benzene rings is 1. The monoisotopic (exact) mass is 331 g/mol. The summed E-state index contributed by atoms with van der Waals surface area (Å²) >= 11 is 13.4. The summed E-state index contributed by atoms with van der Waals surface area (Å²) < 4.78 is 0.703. The van der Waals surface area contributed by atoms with Gasteiger partial charge in [0.25, 0.3) is 0 Å². The van der Waals surface area contributed by atoms with Crippen LogP contribution < -0.4 is 5.32 Å². The van der Waals surface area contributed by atoms with Crippen molar-refractivity contribution in [2.45, 2.75) is 0 Å². The van der Waals surface area contributed by atoms with Gasteiger partial charge in [0.05, 0.1) is 15.7 Å². The Hall–Kier alpha value is -0.200. The van der Waals surface area contributed by atoms with Crippen molar-refractivity contribution in [3.63, 3.8) is 0 Å². The molecular weight excluding hydrogens is 328 g/mol. The summed E-state index contributed by atoms with van der Waals surface area (Å²) in [5.74, 6) is 0. The highest BCUT2D eigenvalue weighted by Crippen LogP contribution is 2.29. The standard InChI is InChI=1S/C7H4Cl2INO2/c8-3-1-5(10)6(2-4(3)9)11-7(12)13/h1-2,11H,(H,12,13). The second kappa shape index (κ2) is 4.34. The van der Waals surface area contributed by atoms with E-state index in [2.05, 4.69) is 5.32 Å². The van der Waals surface area contributed by atoms with Crippen LogP contribution in [-0.2, 0) is 0 Å². The highest BCUT2D eigenvalue weighted by Gasteiger charge is 2.07. The van der Waals surface area contributed by atoms with E-state index in [0.29, 0.717) is 19.3 Å². The summed E-state index contributed by atoms with van der Waals surface area (Å²) in [4.78, 5) is 10.3. The number of halogens is 3. The van der Waals surface area contributed by atoms with Crippen LogP contribution in [0.1, 0.15) is 0 Å². The Morgan fingerprint density at radius 2 is 1.92 bits per heavy atom. The third-order valence-corrected chi connectivity index (χ3v) is 2.87. The minimum Gasteiger partial charge on any atom is -0.465 e. The van der Waals surface area contributed by atoms with E-state index in [0.717, 1.165) is 0 Å². The zero-order chi connectivity index (χ0) is 10.0. The Kier molecular flexibility index (Phi) is 3.63. The maximum Gasteiger partial charge on any atom is 0.409 e. The minimum atomic E-state index is -1.13. The maximum atomic E-state index is 10.3. The molecular formula is C7H4Cl2INO2. The zero-order valence-electron chi connectivity index (χ0n) is 6.14. The van der Waals surface area contributed by atoms with Crippen LogP contribution in [0.5, 0.6) is 0 Å². The van der Waals surface area contributed by atoms with Gasteiger partial charge in [0.2, 0.25) is 0 Å². The van der Waals surface area contributed by atoms with Crippen molar-refractivity contribution in [3.05, 3.63) is 25.7 Å². The first-order valence-electron chi connectivity index (χ1n) is 3.15. The Balaban J connectivity index is 3.08. The lowest BCUT2D eigenvalue weighted by molar-refractivity contribution is 0.209. The van der Waals surface area contributed by atoms with Gasteiger partial charge in [-0.15, -0.1) is 0 Å². The molecule has 0 aromatic heterocycles. The summed E-state index contributed by atoms with van der Waals surface area (Å²) in [5.41, 5.74) is 0.433. The van der Waals surface area contributed by atoms with Crippen molar-refractivity contribution in [1.82, 2.24) is 0 Å². The average molecular weight is 332 g/mol. The van der Waals surface area contributed by atoms with E-state index < -0.39 is 6.09 Å². The van der Waals surface area contributed by atoms with Crippen molar-refractivity contribution in [3.8, 4) is 0 Å². The molecule has 0 saturated heterocycles. The first-order valence-corrected chi connectivity index (χ1v) is 4.98. The molecule has 0 bridgehead atoms. The molecule has 1 rings (SSSR count). The number of anilines is 1. The number of nitrogens with one attached hydrogen (secondary N) is 1. The molecule has 0 heterocycles. The van der Waals surface area contributed by atoms with Gasteiger partial charge >= 0.3 is 6.09 Å². The quantitative estimate of drug-likeness (QED) is 0.609. The fourth-order valence-corrected chi connectivity index (χ4v) is 1.85. The average Bonchev–Trinajstić information content (AvgIpc) is 1.99. The highest BCUT2D eigenvalue weighted by atomic mass is 127. The second-order valence-corrected chi connectivity index (χ2v) is 4.15. The zero-order valence-corrected chi connectivity index (χ0v) is 9.81. The topological polar surface area (TPSA) is 49.3 Å². The van der Waals surface area contributed by atoms with Crippen LogP contribution in [0.2, 0.25) is 10.0 Å². The SMILES string of the molecule is O=C(O)Nc1cc(Cl)c(Cl)cc1I. The van der Waals surface area contributed by atoms with Crippen LogP contribution >= 0.6 is 45.8 Å². The van der Waals surface area contributed by atoms with Crippen molar-refractivity contribution >= 4 is 57.6 Å². The predicted molar refractivity (Wildman–Crippen MR) is 60.8 cm³/mol. The molecule has 0 unspecified atom stereocenters. The third kappa shape index (κ3) is 2.89. The van der Waals surface area contributed by atoms with Gasteiger partial charge in [0, 0.05) is 3.57 Å². The number of hydrogen-bond acceptors (Lipinski definition) is 1. The predicted octanol–water partition coefficient (Wildman–Crippen LogP) is 3.69. The molecule has 2 N–H and O–H groups in total. The molecule has 0 aliphatic rings. The Morgan fingerprint density at radius 1 is 1.38 bits per heavy atom. The molecule has 1 aromatic carbocycles. The van der Waals surface area contributed by atoms with E-state index in [-0.39, 0.29) is 0 Å². The van der Waals surface area contributed by atoms with Crippen LogP contribution in [0.4, 0.5) is 10.5 Å². The number of carboxylic acid groups (broad SMARTS) is 1. The summed E-state index contributed by atoms with van der Waals surface area (Å²) in [5, 5.41) is 11.4. The summed E-state index contributed by atoms with van der Waals surface area (Å²) in [7, 11) is 0. The van der Waals surface area contributed by atoms with E-state index >= 15 is 0 Å². The molecule has 0 radical (unpaired) electrons. The van der Waals surface area contributed by atoms with Crippen LogP contribution in [-0.4, -0.2) is 11.2 Å². The van der Waals surface area contributed by atoms with Gasteiger partial charge in [0.1, 0.15) is 0 Å². The minimum absolute atomic E-state index is 0.325. The number of rotatable bonds is 1. The number of hydrogen-bond donors (Lipinski definition) is 2. The van der Waals surface area contributed by atoms with Gasteiger partial charge in [0.15, 0.2) is 0 Å². The fourth-order valence-electron chi connectivity index (χ4n) is 0.734. The van der Waals surface area contributed by atoms with Gasteiger partial charge in [-0.2, -0.15) is 0 Å². The molecule has 1 aromatic rings. The molecule has 3 nitrogen and oxygen atoms in total. The van der Waals surface area contributed by atoms with Crippen LogP contribution in [0.15, 0.2) is 12.1 Å². The Morgan fingerprint density at radius 3 is 2.46 bits per heavy atom. The molecule has 0 atom stereocenters. The van der Waals surface area contributed by atoms with Crippen molar-refractivity contribution in [1.29, 1.82) is 0 Å². The van der Waals surface area contributed by atoms with Gasteiger partial charge in [-0.1, -0.05) is 23.2 Å². The van der Waals surface area contributed by atoms with Crippen LogP contribution in [0.3, 0.4) is 0 Å². The molecule has 0 aliphatic carbocycles.